The fourth-order valence-corrected chi connectivity index (χ4v) is 1.76. The van der Waals surface area contributed by atoms with E-state index in [9.17, 15) is 5.11 Å². The standard InChI is InChI=1S/C13H14N2O/c1-8-6-10(16)3-4-11(8)12-7-9(14)2-5-13(12)15/h2-7,16H,14-15H2,1H3. The van der Waals surface area contributed by atoms with Crippen molar-refractivity contribution in [2.45, 2.75) is 6.92 Å². The van der Waals surface area contributed by atoms with Gasteiger partial charge in [-0.1, -0.05) is 6.07 Å². The van der Waals surface area contributed by atoms with Gasteiger partial charge < -0.3 is 16.6 Å². The molecule has 16 heavy (non-hydrogen) atoms. The molecule has 0 bridgehead atoms. The Hall–Kier alpha value is -2.16. The summed E-state index contributed by atoms with van der Waals surface area (Å²) in [6.07, 6.45) is 0. The van der Waals surface area contributed by atoms with Crippen LogP contribution in [0.1, 0.15) is 5.56 Å². The Kier molecular flexibility index (Phi) is 2.44. The molecule has 0 radical (unpaired) electrons. The van der Waals surface area contributed by atoms with Crippen LogP contribution in [0.15, 0.2) is 36.4 Å². The van der Waals surface area contributed by atoms with E-state index in [4.69, 9.17) is 11.5 Å². The molecule has 2 rings (SSSR count). The highest BCUT2D eigenvalue weighted by atomic mass is 16.3. The molecule has 0 aliphatic rings. The van der Waals surface area contributed by atoms with Gasteiger partial charge in [0.25, 0.3) is 0 Å². The van der Waals surface area contributed by atoms with Crippen molar-refractivity contribution in [3.8, 4) is 16.9 Å². The summed E-state index contributed by atoms with van der Waals surface area (Å²) in [6, 6.07) is 10.6. The first-order valence-electron chi connectivity index (χ1n) is 5.03. The zero-order chi connectivity index (χ0) is 11.7. The number of phenolic OH excluding ortho intramolecular Hbond substituents is 1. The number of aryl methyl sites for hydroxylation is 1. The average Bonchev–Trinajstić information content (AvgIpc) is 2.22. The molecule has 0 atom stereocenters. The van der Waals surface area contributed by atoms with E-state index < -0.39 is 0 Å². The van der Waals surface area contributed by atoms with Gasteiger partial charge in [0.15, 0.2) is 0 Å². The molecule has 0 saturated heterocycles. The van der Waals surface area contributed by atoms with Gasteiger partial charge >= 0.3 is 0 Å². The Balaban J connectivity index is 2.62. The molecule has 2 aromatic rings. The zero-order valence-corrected chi connectivity index (χ0v) is 9.07. The lowest BCUT2D eigenvalue weighted by molar-refractivity contribution is 0.475. The number of rotatable bonds is 1. The van der Waals surface area contributed by atoms with Crippen molar-refractivity contribution >= 4 is 11.4 Å². The summed E-state index contributed by atoms with van der Waals surface area (Å²) < 4.78 is 0. The summed E-state index contributed by atoms with van der Waals surface area (Å²) in [5, 5.41) is 9.35. The Morgan fingerprint density at radius 3 is 2.38 bits per heavy atom. The number of hydrogen-bond donors (Lipinski definition) is 3. The predicted octanol–water partition coefficient (Wildman–Crippen LogP) is 2.53. The van der Waals surface area contributed by atoms with Gasteiger partial charge in [0.1, 0.15) is 5.75 Å². The molecule has 0 aliphatic carbocycles. The molecule has 0 unspecified atom stereocenters. The average molecular weight is 214 g/mol. The molecule has 0 aromatic heterocycles. The van der Waals surface area contributed by atoms with E-state index in [0.717, 1.165) is 16.7 Å². The van der Waals surface area contributed by atoms with Gasteiger partial charge in [-0.05, 0) is 48.4 Å². The van der Waals surface area contributed by atoms with Crippen LogP contribution in [0, 0.1) is 6.92 Å². The topological polar surface area (TPSA) is 72.3 Å². The highest BCUT2D eigenvalue weighted by molar-refractivity contribution is 5.81. The number of benzene rings is 2. The van der Waals surface area contributed by atoms with E-state index in [1.807, 2.05) is 19.1 Å². The van der Waals surface area contributed by atoms with Crippen LogP contribution in [-0.2, 0) is 0 Å². The first kappa shape index (κ1) is 10.4. The molecule has 0 saturated carbocycles. The second kappa shape index (κ2) is 3.77. The van der Waals surface area contributed by atoms with Gasteiger partial charge in [-0.2, -0.15) is 0 Å². The fourth-order valence-electron chi connectivity index (χ4n) is 1.76. The van der Waals surface area contributed by atoms with E-state index in [1.54, 1.807) is 24.3 Å². The molecule has 2 aromatic carbocycles. The SMILES string of the molecule is Cc1cc(O)ccc1-c1cc(N)ccc1N. The molecule has 0 fully saturated rings. The van der Waals surface area contributed by atoms with Gasteiger partial charge in [0.2, 0.25) is 0 Å². The molecule has 3 nitrogen and oxygen atoms in total. The van der Waals surface area contributed by atoms with Crippen LogP contribution < -0.4 is 11.5 Å². The number of nitrogens with two attached hydrogens (primary N) is 2. The van der Waals surface area contributed by atoms with Gasteiger partial charge in [-0.15, -0.1) is 0 Å². The van der Waals surface area contributed by atoms with Crippen LogP contribution in [0.25, 0.3) is 11.1 Å². The van der Waals surface area contributed by atoms with Gasteiger partial charge in [0.05, 0.1) is 0 Å². The number of aromatic hydroxyl groups is 1. The molecule has 0 aliphatic heterocycles. The first-order chi connectivity index (χ1) is 7.58. The Bertz CT molecular complexity index is 535. The minimum Gasteiger partial charge on any atom is -0.508 e. The second-order valence-electron chi connectivity index (χ2n) is 3.85. The normalized spacial score (nSPS) is 10.3. The van der Waals surface area contributed by atoms with Crippen molar-refractivity contribution in [3.63, 3.8) is 0 Å². The molecule has 0 heterocycles. The number of hydrogen-bond acceptors (Lipinski definition) is 3. The fraction of sp³-hybridized carbons (Fsp3) is 0.0769. The quantitative estimate of drug-likeness (QED) is 0.639. The highest BCUT2D eigenvalue weighted by Crippen LogP contribution is 2.31. The Morgan fingerprint density at radius 1 is 0.938 bits per heavy atom. The largest absolute Gasteiger partial charge is 0.508 e. The van der Waals surface area contributed by atoms with Crippen molar-refractivity contribution < 1.29 is 5.11 Å². The lowest BCUT2D eigenvalue weighted by Crippen LogP contribution is -1.94. The van der Waals surface area contributed by atoms with E-state index >= 15 is 0 Å². The Labute approximate surface area is 94.3 Å². The predicted molar refractivity (Wildman–Crippen MR) is 67.1 cm³/mol. The lowest BCUT2D eigenvalue weighted by atomic mass is 9.98. The van der Waals surface area contributed by atoms with Gasteiger partial charge in [-0.3, -0.25) is 0 Å². The summed E-state index contributed by atoms with van der Waals surface area (Å²) in [7, 11) is 0. The molecule has 82 valence electrons. The first-order valence-corrected chi connectivity index (χ1v) is 5.03. The monoisotopic (exact) mass is 214 g/mol. The smallest absolute Gasteiger partial charge is 0.115 e. The van der Waals surface area contributed by atoms with E-state index in [2.05, 4.69) is 0 Å². The maximum absolute atomic E-state index is 9.35. The highest BCUT2D eigenvalue weighted by Gasteiger charge is 2.06. The molecule has 0 spiro atoms. The second-order valence-corrected chi connectivity index (χ2v) is 3.85. The lowest BCUT2D eigenvalue weighted by Gasteiger charge is -2.10. The molecule has 3 heteroatoms. The van der Waals surface area contributed by atoms with Crippen LogP contribution in [0.5, 0.6) is 5.75 Å². The summed E-state index contributed by atoms with van der Waals surface area (Å²) >= 11 is 0. The Morgan fingerprint density at radius 2 is 1.69 bits per heavy atom. The van der Waals surface area contributed by atoms with Crippen LogP contribution in [0.3, 0.4) is 0 Å². The summed E-state index contributed by atoms with van der Waals surface area (Å²) in [5.41, 5.74) is 15.9. The van der Waals surface area contributed by atoms with Crippen molar-refractivity contribution in [2.75, 3.05) is 11.5 Å². The van der Waals surface area contributed by atoms with Gasteiger partial charge in [0, 0.05) is 16.9 Å². The molecule has 5 N–H and O–H groups in total. The molecular weight excluding hydrogens is 200 g/mol. The van der Waals surface area contributed by atoms with Crippen LogP contribution in [0.4, 0.5) is 11.4 Å². The van der Waals surface area contributed by atoms with Crippen molar-refractivity contribution in [1.82, 2.24) is 0 Å². The number of anilines is 2. The summed E-state index contributed by atoms with van der Waals surface area (Å²) in [5.74, 6) is 0.253. The third-order valence-electron chi connectivity index (χ3n) is 2.58. The molecular formula is C13H14N2O. The van der Waals surface area contributed by atoms with Gasteiger partial charge in [-0.25, -0.2) is 0 Å². The number of phenols is 1. The van der Waals surface area contributed by atoms with Crippen LogP contribution >= 0.6 is 0 Å². The summed E-state index contributed by atoms with van der Waals surface area (Å²) in [4.78, 5) is 0. The van der Waals surface area contributed by atoms with Crippen molar-refractivity contribution in [3.05, 3.63) is 42.0 Å². The van der Waals surface area contributed by atoms with Crippen molar-refractivity contribution in [1.29, 1.82) is 0 Å². The molecule has 0 amide bonds. The maximum Gasteiger partial charge on any atom is 0.115 e. The minimum absolute atomic E-state index is 0.253. The van der Waals surface area contributed by atoms with Crippen LogP contribution in [0.2, 0.25) is 0 Å². The van der Waals surface area contributed by atoms with E-state index in [1.165, 1.54) is 0 Å². The third-order valence-corrected chi connectivity index (χ3v) is 2.58. The third kappa shape index (κ3) is 1.80. The zero-order valence-electron chi connectivity index (χ0n) is 9.07. The van der Waals surface area contributed by atoms with Crippen LogP contribution in [-0.4, -0.2) is 5.11 Å². The van der Waals surface area contributed by atoms with E-state index in [0.29, 0.717) is 11.4 Å². The van der Waals surface area contributed by atoms with E-state index in [-0.39, 0.29) is 5.75 Å². The minimum atomic E-state index is 0.253. The summed E-state index contributed by atoms with van der Waals surface area (Å²) in [6.45, 7) is 1.93. The maximum atomic E-state index is 9.35. The van der Waals surface area contributed by atoms with Crippen molar-refractivity contribution in [2.24, 2.45) is 0 Å². The number of nitrogen functional groups attached to an aromatic ring is 2.